The minimum absolute atomic E-state index is 0.533. The van der Waals surface area contributed by atoms with E-state index >= 15 is 0 Å². The second kappa shape index (κ2) is 9.07. The average molecular weight is 540 g/mol. The van der Waals surface area contributed by atoms with E-state index in [0.29, 0.717) is 13.2 Å². The van der Waals surface area contributed by atoms with Gasteiger partial charge in [0.2, 0.25) is 0 Å². The molecule has 0 saturated carbocycles. The maximum absolute atomic E-state index is 6.13. The van der Waals surface area contributed by atoms with Gasteiger partial charge in [0.1, 0.15) is 12.4 Å². The van der Waals surface area contributed by atoms with Gasteiger partial charge in [-0.3, -0.25) is 0 Å². The summed E-state index contributed by atoms with van der Waals surface area (Å²) in [5.41, 5.74) is 4.54. The maximum Gasteiger partial charge on any atom is 0.139 e. The molecular weight excluding hydrogens is 522 g/mol. The smallest absolute Gasteiger partial charge is 0.139 e. The van der Waals surface area contributed by atoms with Gasteiger partial charge in [-0.1, -0.05) is 62.2 Å². The van der Waals surface area contributed by atoms with E-state index in [2.05, 4.69) is 90.4 Å². The van der Waals surface area contributed by atoms with Crippen LogP contribution in [0.5, 0.6) is 5.75 Å². The van der Waals surface area contributed by atoms with E-state index in [4.69, 9.17) is 4.74 Å². The van der Waals surface area contributed by atoms with Crippen molar-refractivity contribution >= 4 is 53.5 Å². The molecule has 1 N–H and O–H groups in total. The maximum atomic E-state index is 6.13. The van der Waals surface area contributed by atoms with E-state index in [1.54, 1.807) is 0 Å². The van der Waals surface area contributed by atoms with E-state index in [1.165, 1.54) is 5.56 Å². The van der Waals surface area contributed by atoms with Crippen LogP contribution in [0.25, 0.3) is 0 Å². The fourth-order valence-electron chi connectivity index (χ4n) is 2.65. The summed E-state index contributed by atoms with van der Waals surface area (Å²) in [7, 11) is 0. The van der Waals surface area contributed by atoms with Crippen LogP contribution in [-0.4, -0.2) is 0 Å². The van der Waals surface area contributed by atoms with Crippen LogP contribution in [-0.2, 0) is 13.2 Å². The minimum atomic E-state index is 0.533. The molecule has 3 rings (SSSR count). The first-order chi connectivity index (χ1) is 12.5. The zero-order chi connectivity index (χ0) is 18.5. The van der Waals surface area contributed by atoms with Crippen molar-refractivity contribution in [1.29, 1.82) is 0 Å². The number of rotatable bonds is 6. The average Bonchev–Trinajstić information content (AvgIpc) is 2.61. The van der Waals surface area contributed by atoms with Crippen LogP contribution in [0.1, 0.15) is 16.7 Å². The molecule has 0 spiro atoms. The van der Waals surface area contributed by atoms with Gasteiger partial charge < -0.3 is 10.1 Å². The largest absolute Gasteiger partial charge is 0.487 e. The third-order valence-corrected chi connectivity index (χ3v) is 5.51. The lowest BCUT2D eigenvalue weighted by Gasteiger charge is -2.16. The zero-order valence-electron chi connectivity index (χ0n) is 14.2. The van der Waals surface area contributed by atoms with Gasteiger partial charge in [-0.25, -0.2) is 0 Å². The molecule has 0 aliphatic carbocycles. The Morgan fingerprint density at radius 1 is 0.885 bits per heavy atom. The van der Waals surface area contributed by atoms with Crippen molar-refractivity contribution in [3.63, 3.8) is 0 Å². The van der Waals surface area contributed by atoms with Crippen LogP contribution in [0.3, 0.4) is 0 Å². The third-order valence-electron chi connectivity index (χ3n) is 3.97. The first kappa shape index (κ1) is 19.5. The highest BCUT2D eigenvalue weighted by molar-refractivity contribution is 9.11. The molecule has 3 aromatic carbocycles. The number of benzene rings is 3. The molecule has 0 unspecified atom stereocenters. The van der Waals surface area contributed by atoms with Gasteiger partial charge in [-0.05, 0) is 64.3 Å². The molecule has 3 aromatic rings. The molecule has 0 aliphatic rings. The van der Waals surface area contributed by atoms with E-state index in [0.717, 1.165) is 36.0 Å². The summed E-state index contributed by atoms with van der Waals surface area (Å²) in [6.07, 6.45) is 0. The van der Waals surface area contributed by atoms with Crippen molar-refractivity contribution in [2.45, 2.75) is 20.1 Å². The van der Waals surface area contributed by atoms with Gasteiger partial charge in [-0.15, -0.1) is 0 Å². The van der Waals surface area contributed by atoms with Gasteiger partial charge in [0.25, 0.3) is 0 Å². The minimum Gasteiger partial charge on any atom is -0.487 e. The second-order valence-electron chi connectivity index (χ2n) is 5.96. The molecule has 0 aromatic heterocycles. The molecule has 0 saturated heterocycles. The molecule has 26 heavy (non-hydrogen) atoms. The highest BCUT2D eigenvalue weighted by Crippen LogP contribution is 2.34. The van der Waals surface area contributed by atoms with Crippen molar-refractivity contribution in [1.82, 2.24) is 0 Å². The number of aryl methyl sites for hydroxylation is 1. The van der Waals surface area contributed by atoms with Crippen molar-refractivity contribution < 1.29 is 4.74 Å². The van der Waals surface area contributed by atoms with E-state index in [1.807, 2.05) is 30.3 Å². The SMILES string of the molecule is Cc1cc(Br)ccc1NCc1cc(Br)cc(Br)c1OCc1ccccc1. The number of halogens is 3. The van der Waals surface area contributed by atoms with Crippen molar-refractivity contribution in [3.05, 3.63) is 90.8 Å². The Morgan fingerprint density at radius 2 is 1.65 bits per heavy atom. The first-order valence-corrected chi connectivity index (χ1v) is 10.6. The number of ether oxygens (including phenoxy) is 1. The fourth-order valence-corrected chi connectivity index (χ4v) is 4.56. The highest BCUT2D eigenvalue weighted by Gasteiger charge is 2.11. The number of hydrogen-bond acceptors (Lipinski definition) is 2. The molecular formula is C21H18Br3NO. The molecule has 0 heterocycles. The van der Waals surface area contributed by atoms with Gasteiger partial charge >= 0.3 is 0 Å². The van der Waals surface area contributed by atoms with Crippen LogP contribution in [0, 0.1) is 6.92 Å². The predicted molar refractivity (Wildman–Crippen MR) is 119 cm³/mol. The quantitative estimate of drug-likeness (QED) is 0.351. The van der Waals surface area contributed by atoms with Gasteiger partial charge in [0.05, 0.1) is 4.47 Å². The summed E-state index contributed by atoms with van der Waals surface area (Å²) in [5, 5.41) is 3.51. The van der Waals surface area contributed by atoms with Crippen LogP contribution >= 0.6 is 47.8 Å². The standard InChI is InChI=1S/C21H18Br3NO/c1-14-9-17(22)7-8-20(14)25-12-16-10-18(23)11-19(24)21(16)26-13-15-5-3-2-4-6-15/h2-11,25H,12-13H2,1H3. The van der Waals surface area contributed by atoms with Crippen LogP contribution in [0.15, 0.2) is 74.1 Å². The summed E-state index contributed by atoms with van der Waals surface area (Å²) >= 11 is 10.7. The Morgan fingerprint density at radius 3 is 2.38 bits per heavy atom. The Balaban J connectivity index is 1.79. The molecule has 2 nitrogen and oxygen atoms in total. The number of nitrogens with one attached hydrogen (secondary N) is 1. The first-order valence-electron chi connectivity index (χ1n) is 8.17. The molecule has 0 amide bonds. The van der Waals surface area contributed by atoms with Crippen molar-refractivity contribution in [2.75, 3.05) is 5.32 Å². The summed E-state index contributed by atoms with van der Waals surface area (Å²) < 4.78 is 9.16. The van der Waals surface area contributed by atoms with E-state index in [9.17, 15) is 0 Å². The summed E-state index contributed by atoms with van der Waals surface area (Å²) in [6, 6.07) is 20.5. The lowest BCUT2D eigenvalue weighted by atomic mass is 10.1. The Hall–Kier alpha value is -1.30. The molecule has 0 atom stereocenters. The van der Waals surface area contributed by atoms with Gasteiger partial charge in [-0.2, -0.15) is 0 Å². The Labute approximate surface area is 179 Å². The van der Waals surface area contributed by atoms with Crippen LogP contribution in [0.4, 0.5) is 5.69 Å². The molecule has 134 valence electrons. The van der Waals surface area contributed by atoms with E-state index < -0.39 is 0 Å². The third kappa shape index (κ3) is 5.12. The topological polar surface area (TPSA) is 21.3 Å². The monoisotopic (exact) mass is 537 g/mol. The number of hydrogen-bond donors (Lipinski definition) is 1. The fraction of sp³-hybridized carbons (Fsp3) is 0.143. The molecule has 0 fully saturated rings. The molecule has 0 bridgehead atoms. The summed E-state index contributed by atoms with van der Waals surface area (Å²) in [4.78, 5) is 0. The molecule has 5 heteroatoms. The summed E-state index contributed by atoms with van der Waals surface area (Å²) in [5.74, 6) is 0.860. The van der Waals surface area contributed by atoms with Crippen molar-refractivity contribution in [3.8, 4) is 5.75 Å². The lowest BCUT2D eigenvalue weighted by molar-refractivity contribution is 0.301. The Bertz CT molecular complexity index is 897. The predicted octanol–water partition coefficient (Wildman–Crippen LogP) is 7.47. The van der Waals surface area contributed by atoms with Crippen molar-refractivity contribution in [2.24, 2.45) is 0 Å². The molecule has 0 radical (unpaired) electrons. The lowest BCUT2D eigenvalue weighted by Crippen LogP contribution is -2.05. The summed E-state index contributed by atoms with van der Waals surface area (Å²) in [6.45, 7) is 3.30. The second-order valence-corrected chi connectivity index (χ2v) is 8.65. The normalized spacial score (nSPS) is 10.6. The molecule has 0 aliphatic heterocycles. The Kier molecular flexibility index (Phi) is 6.79. The van der Waals surface area contributed by atoms with Gasteiger partial charge in [0.15, 0.2) is 0 Å². The zero-order valence-corrected chi connectivity index (χ0v) is 19.0. The van der Waals surface area contributed by atoms with E-state index in [-0.39, 0.29) is 0 Å². The highest BCUT2D eigenvalue weighted by atomic mass is 79.9. The van der Waals surface area contributed by atoms with Crippen LogP contribution in [0.2, 0.25) is 0 Å². The van der Waals surface area contributed by atoms with Gasteiger partial charge in [0, 0.05) is 26.7 Å². The van der Waals surface area contributed by atoms with Crippen LogP contribution < -0.4 is 10.1 Å². The number of anilines is 1.